The highest BCUT2D eigenvalue weighted by atomic mass is 35.5. The van der Waals surface area contributed by atoms with Gasteiger partial charge >= 0.3 is 0 Å². The summed E-state index contributed by atoms with van der Waals surface area (Å²) in [4.78, 5) is 17.6. The smallest absolute Gasteiger partial charge is 0.165 e. The summed E-state index contributed by atoms with van der Waals surface area (Å²) < 4.78 is 40.4. The van der Waals surface area contributed by atoms with Crippen molar-refractivity contribution in [2.24, 2.45) is 16.6 Å². The topological polar surface area (TPSA) is 111 Å². The van der Waals surface area contributed by atoms with Crippen LogP contribution < -0.4 is 5.73 Å². The van der Waals surface area contributed by atoms with Crippen molar-refractivity contribution in [2.45, 2.75) is 43.4 Å². The summed E-state index contributed by atoms with van der Waals surface area (Å²) in [6.45, 7) is 3.24. The molecule has 172 valence electrons. The van der Waals surface area contributed by atoms with Crippen LogP contribution in [0.5, 0.6) is 0 Å². The standard InChI is InChI=1S/C23H23ClFN5O2S/c1-22(12-33(31,32)23(2,14-3-4-14)21(26)30-22)17-8-16(28-11-18(17)25)9-19-20-13(5-6-27-19)7-15(24)10-29-20/h5-8,10-11,14H,3-4,9,12H2,1-2H3,(H2,26,30)/t22-,23-/m0/s1. The fraction of sp³-hybridized carbons (Fsp3) is 0.391. The largest absolute Gasteiger partial charge is 0.386 e. The molecule has 1 aliphatic heterocycles. The zero-order chi connectivity index (χ0) is 23.6. The molecule has 1 aliphatic carbocycles. The fourth-order valence-electron chi connectivity index (χ4n) is 4.71. The third kappa shape index (κ3) is 3.58. The summed E-state index contributed by atoms with van der Waals surface area (Å²) >= 11 is 6.04. The summed E-state index contributed by atoms with van der Waals surface area (Å²) in [7, 11) is -3.66. The van der Waals surface area contributed by atoms with Crippen molar-refractivity contribution in [3.05, 3.63) is 64.6 Å². The van der Waals surface area contributed by atoms with Crippen molar-refractivity contribution in [1.29, 1.82) is 0 Å². The number of rotatable bonds is 4. The van der Waals surface area contributed by atoms with Crippen LogP contribution in [0.2, 0.25) is 5.02 Å². The lowest BCUT2D eigenvalue weighted by molar-refractivity contribution is 0.461. The summed E-state index contributed by atoms with van der Waals surface area (Å²) in [6.07, 6.45) is 6.17. The number of nitrogens with two attached hydrogens (primary N) is 1. The molecule has 0 amide bonds. The summed E-state index contributed by atoms with van der Waals surface area (Å²) in [5, 5.41) is 1.35. The van der Waals surface area contributed by atoms with Gasteiger partial charge in [0.1, 0.15) is 21.9 Å². The number of fused-ring (bicyclic) bond motifs is 1. The maximum Gasteiger partial charge on any atom is 0.165 e. The number of hydrogen-bond acceptors (Lipinski definition) is 7. The lowest BCUT2D eigenvalue weighted by Crippen LogP contribution is -2.58. The lowest BCUT2D eigenvalue weighted by atomic mass is 9.92. The molecule has 0 radical (unpaired) electrons. The Labute approximate surface area is 196 Å². The van der Waals surface area contributed by atoms with Crippen molar-refractivity contribution < 1.29 is 12.8 Å². The average Bonchev–Trinajstić information content (AvgIpc) is 3.58. The van der Waals surface area contributed by atoms with E-state index in [1.54, 1.807) is 38.4 Å². The minimum atomic E-state index is -3.66. The van der Waals surface area contributed by atoms with Gasteiger partial charge in [-0.2, -0.15) is 0 Å². The van der Waals surface area contributed by atoms with Gasteiger partial charge in [0.2, 0.25) is 0 Å². The van der Waals surface area contributed by atoms with Crippen molar-refractivity contribution in [3.8, 4) is 0 Å². The molecule has 1 saturated carbocycles. The van der Waals surface area contributed by atoms with Crippen molar-refractivity contribution in [3.63, 3.8) is 0 Å². The van der Waals surface area contributed by atoms with E-state index >= 15 is 0 Å². The average molecular weight is 488 g/mol. The second-order valence-corrected chi connectivity index (χ2v) is 12.0. The van der Waals surface area contributed by atoms with Crippen molar-refractivity contribution in [2.75, 3.05) is 5.75 Å². The molecule has 10 heteroatoms. The number of sulfone groups is 1. The molecule has 1 fully saturated rings. The Kier molecular flexibility index (Phi) is 4.99. The number of aromatic nitrogens is 3. The van der Waals surface area contributed by atoms with Gasteiger partial charge in [-0.1, -0.05) is 11.6 Å². The van der Waals surface area contributed by atoms with Gasteiger partial charge in [0.15, 0.2) is 9.84 Å². The van der Waals surface area contributed by atoms with E-state index < -0.39 is 25.9 Å². The van der Waals surface area contributed by atoms with E-state index in [9.17, 15) is 12.8 Å². The normalized spacial score (nSPS) is 26.8. The molecule has 0 unspecified atom stereocenters. The van der Waals surface area contributed by atoms with Crippen LogP contribution in [0, 0.1) is 11.7 Å². The van der Waals surface area contributed by atoms with Gasteiger partial charge < -0.3 is 5.73 Å². The van der Waals surface area contributed by atoms with Crippen LogP contribution in [-0.2, 0) is 21.8 Å². The molecule has 0 saturated heterocycles. The van der Waals surface area contributed by atoms with Crippen LogP contribution in [-0.4, -0.2) is 39.7 Å². The molecule has 2 aliphatic rings. The molecule has 3 aromatic heterocycles. The van der Waals surface area contributed by atoms with E-state index in [0.717, 1.165) is 24.4 Å². The number of nitrogens with zero attached hydrogens (tertiary/aromatic N) is 4. The number of aliphatic imine (C=N–C) groups is 1. The van der Waals surface area contributed by atoms with Gasteiger partial charge in [0.25, 0.3) is 0 Å². The van der Waals surface area contributed by atoms with Crippen LogP contribution in [0.1, 0.15) is 43.6 Å². The molecule has 0 aromatic carbocycles. The van der Waals surface area contributed by atoms with Gasteiger partial charge in [-0.05, 0) is 50.8 Å². The molecule has 2 N–H and O–H groups in total. The van der Waals surface area contributed by atoms with E-state index in [1.165, 1.54) is 0 Å². The van der Waals surface area contributed by atoms with Gasteiger partial charge in [-0.25, -0.2) is 12.8 Å². The first-order valence-corrected chi connectivity index (χ1v) is 12.7. The van der Waals surface area contributed by atoms with E-state index in [1.807, 2.05) is 6.07 Å². The van der Waals surface area contributed by atoms with Crippen molar-refractivity contribution in [1.82, 2.24) is 15.0 Å². The van der Waals surface area contributed by atoms with Gasteiger partial charge in [0.05, 0.1) is 28.2 Å². The predicted molar refractivity (Wildman–Crippen MR) is 125 cm³/mol. The van der Waals surface area contributed by atoms with Crippen LogP contribution >= 0.6 is 11.6 Å². The maximum atomic E-state index is 15.0. The first kappa shape index (κ1) is 22.2. The van der Waals surface area contributed by atoms with Gasteiger partial charge in [0, 0.05) is 35.5 Å². The van der Waals surface area contributed by atoms with Crippen LogP contribution in [0.3, 0.4) is 0 Å². The Balaban J connectivity index is 1.56. The maximum absolute atomic E-state index is 15.0. The zero-order valence-electron chi connectivity index (χ0n) is 18.2. The lowest BCUT2D eigenvalue weighted by Gasteiger charge is -2.40. The summed E-state index contributed by atoms with van der Waals surface area (Å²) in [6, 6.07) is 5.16. The Bertz CT molecular complexity index is 1430. The Hall–Kier alpha value is -2.65. The Morgan fingerprint density at radius 2 is 1.94 bits per heavy atom. The summed E-state index contributed by atoms with van der Waals surface area (Å²) in [5.74, 6) is -0.931. The quantitative estimate of drug-likeness (QED) is 0.602. The van der Waals surface area contributed by atoms with Crippen molar-refractivity contribution >= 4 is 38.2 Å². The van der Waals surface area contributed by atoms with Gasteiger partial charge in [-0.15, -0.1) is 0 Å². The molecule has 7 nitrogen and oxygen atoms in total. The third-order valence-corrected chi connectivity index (χ3v) is 9.82. The molecular weight excluding hydrogens is 465 g/mol. The highest BCUT2D eigenvalue weighted by Crippen LogP contribution is 2.49. The van der Waals surface area contributed by atoms with Crippen LogP contribution in [0.15, 0.2) is 41.8 Å². The van der Waals surface area contributed by atoms with Crippen LogP contribution in [0.25, 0.3) is 10.9 Å². The van der Waals surface area contributed by atoms with E-state index in [0.29, 0.717) is 21.9 Å². The number of halogens is 2. The second kappa shape index (κ2) is 7.43. The van der Waals surface area contributed by atoms with Gasteiger partial charge in [-0.3, -0.25) is 19.9 Å². The zero-order valence-corrected chi connectivity index (χ0v) is 19.8. The molecule has 33 heavy (non-hydrogen) atoms. The highest BCUT2D eigenvalue weighted by Gasteiger charge is 2.58. The molecular formula is C23H23ClFN5O2S. The molecule has 4 heterocycles. The SMILES string of the molecule is C[C@@]1(c2cc(Cc3nccc4cc(Cl)cnc34)ncc2F)CS(=O)(=O)[C@@](C)(C2CC2)C(N)=N1. The minimum Gasteiger partial charge on any atom is -0.386 e. The first-order chi connectivity index (χ1) is 15.5. The van der Waals surface area contributed by atoms with Crippen LogP contribution in [0.4, 0.5) is 4.39 Å². The second-order valence-electron chi connectivity index (χ2n) is 9.23. The van der Waals surface area contributed by atoms with E-state index in [4.69, 9.17) is 17.3 Å². The minimum absolute atomic E-state index is 0.0351. The molecule has 0 bridgehead atoms. The Morgan fingerprint density at radius 1 is 1.18 bits per heavy atom. The molecule has 0 spiro atoms. The third-order valence-electron chi connectivity index (χ3n) is 6.83. The van der Waals surface area contributed by atoms with E-state index in [2.05, 4.69) is 19.9 Å². The predicted octanol–water partition coefficient (Wildman–Crippen LogP) is 3.58. The summed E-state index contributed by atoms with van der Waals surface area (Å²) in [5.41, 5.74) is 6.87. The number of pyridine rings is 3. The van der Waals surface area contributed by atoms with E-state index in [-0.39, 0.29) is 29.5 Å². The first-order valence-electron chi connectivity index (χ1n) is 10.7. The fourth-order valence-corrected chi connectivity index (χ4v) is 7.24. The Morgan fingerprint density at radius 3 is 2.64 bits per heavy atom. The molecule has 5 rings (SSSR count). The number of hydrogen-bond donors (Lipinski definition) is 1. The number of amidine groups is 1. The highest BCUT2D eigenvalue weighted by molar-refractivity contribution is 7.93. The molecule has 3 aromatic rings. The molecule has 2 atom stereocenters. The monoisotopic (exact) mass is 487 g/mol.